The van der Waals surface area contributed by atoms with Crippen LogP contribution in [0, 0.1) is 0 Å². The van der Waals surface area contributed by atoms with E-state index in [1.807, 2.05) is 18.2 Å². The maximum atomic E-state index is 11.4. The molecule has 0 heterocycles. The lowest BCUT2D eigenvalue weighted by Crippen LogP contribution is -2.01. The molecule has 0 saturated carbocycles. The van der Waals surface area contributed by atoms with Crippen molar-refractivity contribution in [1.82, 2.24) is 0 Å². The van der Waals surface area contributed by atoms with Gasteiger partial charge in [0.2, 0.25) is 0 Å². The van der Waals surface area contributed by atoms with Crippen molar-refractivity contribution >= 4 is 28.8 Å². The summed E-state index contributed by atoms with van der Waals surface area (Å²) in [7, 11) is 0. The molecule has 4 nitrogen and oxygen atoms in total. The molecule has 2 aliphatic rings. The van der Waals surface area contributed by atoms with Crippen LogP contribution in [-0.2, 0) is 12.8 Å². The third-order valence-corrected chi connectivity index (χ3v) is 4.43. The predicted octanol–water partition coefficient (Wildman–Crippen LogP) is 4.06. The zero-order valence-electron chi connectivity index (χ0n) is 13.9. The second-order valence-corrected chi connectivity index (χ2v) is 6.60. The van der Waals surface area contributed by atoms with Crippen molar-refractivity contribution in [2.75, 3.05) is 0 Å². The molecule has 0 aromatic heterocycles. The van der Waals surface area contributed by atoms with Crippen LogP contribution in [0.5, 0.6) is 11.5 Å². The molecule has 0 atom stereocenters. The molecule has 5 heteroatoms. The monoisotopic (exact) mass is 354 g/mol. The molecule has 0 saturated heterocycles. The largest absolute Gasteiger partial charge is 0.508 e. The van der Waals surface area contributed by atoms with E-state index in [4.69, 9.17) is 17.0 Å². The van der Waals surface area contributed by atoms with Gasteiger partial charge in [0.15, 0.2) is 16.6 Å². The summed E-state index contributed by atoms with van der Waals surface area (Å²) in [6, 6.07) is 10.6. The average Bonchev–Trinajstić information content (AvgIpc) is 3.14. The van der Waals surface area contributed by atoms with Crippen molar-refractivity contribution < 1.29 is 19.4 Å². The highest BCUT2D eigenvalue weighted by Gasteiger charge is 2.23. The number of aromatic hydroxyl groups is 1. The Kier molecular flexibility index (Phi) is 4.95. The minimum absolute atomic E-state index is 0.149. The standard InChI is InChI=1S/C11H10O2S.C9H8O2/c1-7(14)13-11-4-2-3-8-9(11)5-6-10(8)12;10-8-3-1-2-6-7(8)4-5-9(6)11/h2-4H,5-6H2,1H3;1-3,10H,4-5H2. The number of carbonyl (C=O) groups is 2. The Balaban J connectivity index is 0.000000150. The van der Waals surface area contributed by atoms with Gasteiger partial charge in [0, 0.05) is 42.0 Å². The van der Waals surface area contributed by atoms with Gasteiger partial charge in [0.1, 0.15) is 11.5 Å². The van der Waals surface area contributed by atoms with Gasteiger partial charge in [-0.15, -0.1) is 0 Å². The number of phenolic OH excluding ortho intramolecular Hbond substituents is 1. The van der Waals surface area contributed by atoms with Crippen LogP contribution in [0.15, 0.2) is 36.4 Å². The van der Waals surface area contributed by atoms with E-state index in [0.717, 1.165) is 28.9 Å². The van der Waals surface area contributed by atoms with Gasteiger partial charge >= 0.3 is 0 Å². The first kappa shape index (κ1) is 17.3. The van der Waals surface area contributed by atoms with Crippen LogP contribution >= 0.6 is 12.2 Å². The number of hydrogen-bond acceptors (Lipinski definition) is 5. The van der Waals surface area contributed by atoms with Gasteiger partial charge in [0.25, 0.3) is 0 Å². The first-order chi connectivity index (χ1) is 12.0. The van der Waals surface area contributed by atoms with Crippen LogP contribution < -0.4 is 4.74 Å². The van der Waals surface area contributed by atoms with Crippen molar-refractivity contribution in [2.45, 2.75) is 32.6 Å². The van der Waals surface area contributed by atoms with Crippen molar-refractivity contribution in [2.24, 2.45) is 0 Å². The van der Waals surface area contributed by atoms with Crippen LogP contribution in [0.1, 0.15) is 51.6 Å². The number of ether oxygens (including phenoxy) is 1. The Hall–Kier alpha value is -2.53. The molecule has 0 radical (unpaired) electrons. The zero-order chi connectivity index (χ0) is 18.0. The molecule has 2 aliphatic carbocycles. The van der Waals surface area contributed by atoms with Crippen molar-refractivity contribution in [3.05, 3.63) is 58.7 Å². The van der Waals surface area contributed by atoms with Gasteiger partial charge in [0.05, 0.1) is 0 Å². The highest BCUT2D eigenvalue weighted by Crippen LogP contribution is 2.30. The maximum absolute atomic E-state index is 11.4. The first-order valence-electron chi connectivity index (χ1n) is 8.15. The average molecular weight is 354 g/mol. The first-order valence-corrected chi connectivity index (χ1v) is 8.55. The summed E-state index contributed by atoms with van der Waals surface area (Å²) in [5.41, 5.74) is 3.31. The van der Waals surface area contributed by atoms with Crippen LogP contribution in [0.4, 0.5) is 0 Å². The predicted molar refractivity (Wildman–Crippen MR) is 98.8 cm³/mol. The number of carbonyl (C=O) groups excluding carboxylic acids is 2. The molecule has 1 N–H and O–H groups in total. The lowest BCUT2D eigenvalue weighted by Gasteiger charge is -2.07. The summed E-state index contributed by atoms with van der Waals surface area (Å²) in [6.07, 6.45) is 2.60. The van der Waals surface area contributed by atoms with E-state index in [1.54, 1.807) is 25.1 Å². The lowest BCUT2D eigenvalue weighted by atomic mass is 10.1. The SMILES string of the molecule is CC(=S)Oc1cccc2c1CCC2=O.O=C1CCc2c(O)cccc21. The second-order valence-electron chi connectivity index (χ2n) is 6.03. The highest BCUT2D eigenvalue weighted by molar-refractivity contribution is 7.80. The summed E-state index contributed by atoms with van der Waals surface area (Å²) in [6.45, 7) is 1.73. The molecule has 0 fully saturated rings. The Morgan fingerprint density at radius 1 is 0.920 bits per heavy atom. The maximum Gasteiger partial charge on any atom is 0.164 e. The van der Waals surface area contributed by atoms with Gasteiger partial charge in [-0.3, -0.25) is 9.59 Å². The number of rotatable bonds is 1. The molecule has 2 aromatic carbocycles. The Bertz CT molecular complexity index is 870. The molecule has 0 spiro atoms. The van der Waals surface area contributed by atoms with Crippen LogP contribution in [-0.4, -0.2) is 21.7 Å². The minimum Gasteiger partial charge on any atom is -0.508 e. The number of Topliss-reactive ketones (excluding diaryl/α,β-unsaturated/α-hetero) is 2. The van der Waals surface area contributed by atoms with E-state index in [1.165, 1.54) is 0 Å². The smallest absolute Gasteiger partial charge is 0.164 e. The zero-order valence-corrected chi connectivity index (χ0v) is 14.7. The molecule has 4 rings (SSSR count). The molecular formula is C20H18O4S. The van der Waals surface area contributed by atoms with E-state index in [-0.39, 0.29) is 17.3 Å². The molecule has 0 unspecified atom stereocenters. The van der Waals surface area contributed by atoms with Crippen molar-refractivity contribution in [3.63, 3.8) is 0 Å². The fourth-order valence-corrected chi connectivity index (χ4v) is 3.27. The molecule has 128 valence electrons. The van der Waals surface area contributed by atoms with Crippen molar-refractivity contribution in [1.29, 1.82) is 0 Å². The van der Waals surface area contributed by atoms with E-state index in [9.17, 15) is 14.7 Å². The number of thiocarbonyl (C=S) groups is 1. The van der Waals surface area contributed by atoms with E-state index in [0.29, 0.717) is 29.9 Å². The Labute approximate surface area is 151 Å². The van der Waals surface area contributed by atoms with Gasteiger partial charge < -0.3 is 9.84 Å². The van der Waals surface area contributed by atoms with Crippen LogP contribution in [0.25, 0.3) is 0 Å². The second kappa shape index (κ2) is 7.15. The third kappa shape index (κ3) is 3.61. The number of fused-ring (bicyclic) bond motifs is 2. The van der Waals surface area contributed by atoms with Gasteiger partial charge in [-0.25, -0.2) is 0 Å². The number of hydrogen-bond donors (Lipinski definition) is 1. The molecular weight excluding hydrogens is 336 g/mol. The fraction of sp³-hybridized carbons (Fsp3) is 0.250. The third-order valence-electron chi connectivity index (χ3n) is 4.34. The Morgan fingerprint density at radius 2 is 1.48 bits per heavy atom. The van der Waals surface area contributed by atoms with Gasteiger partial charge in [-0.05, 0) is 37.2 Å². The van der Waals surface area contributed by atoms with E-state index >= 15 is 0 Å². The summed E-state index contributed by atoms with van der Waals surface area (Å²) in [5, 5.41) is 9.78. The minimum atomic E-state index is 0.149. The highest BCUT2D eigenvalue weighted by atomic mass is 32.1. The van der Waals surface area contributed by atoms with E-state index in [2.05, 4.69) is 0 Å². The molecule has 0 bridgehead atoms. The van der Waals surface area contributed by atoms with Crippen LogP contribution in [0.3, 0.4) is 0 Å². The summed E-state index contributed by atoms with van der Waals surface area (Å²) < 4.78 is 5.38. The summed E-state index contributed by atoms with van der Waals surface area (Å²) in [5.74, 6) is 1.34. The summed E-state index contributed by atoms with van der Waals surface area (Å²) in [4.78, 5) is 22.5. The van der Waals surface area contributed by atoms with Crippen molar-refractivity contribution in [3.8, 4) is 11.5 Å². The molecule has 2 aromatic rings. The number of ketones is 2. The van der Waals surface area contributed by atoms with Gasteiger partial charge in [-0.2, -0.15) is 0 Å². The quantitative estimate of drug-likeness (QED) is 0.783. The molecule has 0 amide bonds. The van der Waals surface area contributed by atoms with Gasteiger partial charge in [-0.1, -0.05) is 24.3 Å². The molecule has 0 aliphatic heterocycles. The van der Waals surface area contributed by atoms with E-state index < -0.39 is 0 Å². The number of phenols is 1. The normalized spacial score (nSPS) is 14.4. The summed E-state index contributed by atoms with van der Waals surface area (Å²) >= 11 is 4.87. The van der Waals surface area contributed by atoms with Crippen LogP contribution in [0.2, 0.25) is 0 Å². The Morgan fingerprint density at radius 3 is 2.08 bits per heavy atom. The topological polar surface area (TPSA) is 63.6 Å². The fourth-order valence-electron chi connectivity index (χ4n) is 3.18. The molecule has 25 heavy (non-hydrogen) atoms. The lowest BCUT2D eigenvalue weighted by molar-refractivity contribution is 0.0986. The number of benzene rings is 2.